The average molecular weight is 285 g/mol. The Kier molecular flexibility index (Phi) is 3.78. The molecule has 2 heterocycles. The third kappa shape index (κ3) is 2.99. The van der Waals surface area contributed by atoms with Gasteiger partial charge in [0, 0.05) is 31.7 Å². The van der Waals surface area contributed by atoms with Crippen molar-refractivity contribution in [2.24, 2.45) is 7.05 Å². The topological polar surface area (TPSA) is 46.0 Å². The standard InChI is InChI=1S/C16H23N5/c1-16(2)11-17-14(13-7-5-4-6-8-13)9-21(16)10-15-18-12-19-20(15)3/h4-8,12,14,17H,9-11H2,1-3H3. The summed E-state index contributed by atoms with van der Waals surface area (Å²) in [5.41, 5.74) is 1.45. The van der Waals surface area contributed by atoms with Crippen LogP contribution in [0, 0.1) is 0 Å². The summed E-state index contributed by atoms with van der Waals surface area (Å²) in [6.45, 7) is 7.32. The van der Waals surface area contributed by atoms with Crippen LogP contribution in [0.25, 0.3) is 0 Å². The van der Waals surface area contributed by atoms with E-state index < -0.39 is 0 Å². The fourth-order valence-corrected chi connectivity index (χ4v) is 2.84. The fraction of sp³-hybridized carbons (Fsp3) is 0.500. The van der Waals surface area contributed by atoms with Gasteiger partial charge in [0.1, 0.15) is 12.2 Å². The van der Waals surface area contributed by atoms with Crippen LogP contribution in [-0.2, 0) is 13.6 Å². The van der Waals surface area contributed by atoms with Gasteiger partial charge in [-0.1, -0.05) is 30.3 Å². The van der Waals surface area contributed by atoms with E-state index in [2.05, 4.69) is 64.5 Å². The molecule has 1 aromatic carbocycles. The number of aryl methyl sites for hydroxylation is 1. The zero-order valence-corrected chi connectivity index (χ0v) is 13.0. The molecule has 0 aliphatic carbocycles. The highest BCUT2D eigenvalue weighted by Gasteiger charge is 2.34. The van der Waals surface area contributed by atoms with Crippen LogP contribution in [0.15, 0.2) is 36.7 Å². The van der Waals surface area contributed by atoms with Crippen molar-refractivity contribution in [3.63, 3.8) is 0 Å². The summed E-state index contributed by atoms with van der Waals surface area (Å²) in [5, 5.41) is 7.84. The molecule has 1 aliphatic rings. The molecule has 0 saturated carbocycles. The summed E-state index contributed by atoms with van der Waals surface area (Å²) in [4.78, 5) is 6.85. The highest BCUT2D eigenvalue weighted by molar-refractivity contribution is 5.20. The van der Waals surface area contributed by atoms with Gasteiger partial charge >= 0.3 is 0 Å². The smallest absolute Gasteiger partial charge is 0.140 e. The summed E-state index contributed by atoms with van der Waals surface area (Å²) in [6, 6.07) is 11.0. The van der Waals surface area contributed by atoms with Gasteiger partial charge < -0.3 is 5.32 Å². The Bertz CT molecular complexity index is 590. The Morgan fingerprint density at radius 3 is 2.71 bits per heavy atom. The molecule has 21 heavy (non-hydrogen) atoms. The first-order valence-corrected chi connectivity index (χ1v) is 7.42. The Morgan fingerprint density at radius 1 is 1.29 bits per heavy atom. The first kappa shape index (κ1) is 14.2. The van der Waals surface area contributed by atoms with E-state index in [0.717, 1.165) is 25.5 Å². The van der Waals surface area contributed by atoms with E-state index in [1.54, 1.807) is 6.33 Å². The highest BCUT2D eigenvalue weighted by atomic mass is 15.4. The number of hydrogen-bond donors (Lipinski definition) is 1. The van der Waals surface area contributed by atoms with Crippen molar-refractivity contribution in [2.45, 2.75) is 32.0 Å². The predicted octanol–water partition coefficient (Wildman–Crippen LogP) is 1.74. The lowest BCUT2D eigenvalue weighted by atomic mass is 9.94. The van der Waals surface area contributed by atoms with Gasteiger partial charge in [0.05, 0.1) is 6.54 Å². The molecular weight excluding hydrogens is 262 g/mol. The minimum atomic E-state index is 0.108. The van der Waals surface area contributed by atoms with E-state index in [-0.39, 0.29) is 5.54 Å². The van der Waals surface area contributed by atoms with Crippen molar-refractivity contribution >= 4 is 0 Å². The molecule has 1 aromatic heterocycles. The Hall–Kier alpha value is -1.72. The Labute approximate surface area is 126 Å². The van der Waals surface area contributed by atoms with Gasteiger partial charge in [-0.05, 0) is 19.4 Å². The fourth-order valence-electron chi connectivity index (χ4n) is 2.84. The number of hydrogen-bond acceptors (Lipinski definition) is 4. The molecule has 0 amide bonds. The monoisotopic (exact) mass is 285 g/mol. The summed E-state index contributed by atoms with van der Waals surface area (Å²) in [5.74, 6) is 1.01. The summed E-state index contributed by atoms with van der Waals surface area (Å²) in [7, 11) is 1.95. The van der Waals surface area contributed by atoms with Crippen molar-refractivity contribution in [1.82, 2.24) is 25.0 Å². The van der Waals surface area contributed by atoms with Crippen molar-refractivity contribution in [2.75, 3.05) is 13.1 Å². The molecule has 1 saturated heterocycles. The largest absolute Gasteiger partial charge is 0.307 e. The maximum absolute atomic E-state index is 4.36. The van der Waals surface area contributed by atoms with Gasteiger partial charge in [-0.15, -0.1) is 0 Å². The van der Waals surface area contributed by atoms with E-state index in [9.17, 15) is 0 Å². The van der Waals surface area contributed by atoms with Crippen molar-refractivity contribution in [1.29, 1.82) is 0 Å². The van der Waals surface area contributed by atoms with Crippen LogP contribution in [0.5, 0.6) is 0 Å². The van der Waals surface area contributed by atoms with Gasteiger partial charge in [0.2, 0.25) is 0 Å². The summed E-state index contributed by atoms with van der Waals surface area (Å²) in [6.07, 6.45) is 1.62. The Morgan fingerprint density at radius 2 is 2.05 bits per heavy atom. The number of benzene rings is 1. The molecule has 0 spiro atoms. The SMILES string of the molecule is Cn1ncnc1CN1CC(c2ccccc2)NCC1(C)C. The van der Waals surface area contributed by atoms with Gasteiger partial charge in [-0.25, -0.2) is 4.98 Å². The maximum Gasteiger partial charge on any atom is 0.140 e. The van der Waals surface area contributed by atoms with E-state index >= 15 is 0 Å². The zero-order valence-electron chi connectivity index (χ0n) is 13.0. The van der Waals surface area contributed by atoms with Crippen molar-refractivity contribution in [3.8, 4) is 0 Å². The molecule has 0 bridgehead atoms. The first-order chi connectivity index (χ1) is 10.1. The third-order valence-electron chi connectivity index (χ3n) is 4.38. The average Bonchev–Trinajstić information content (AvgIpc) is 2.87. The second-order valence-corrected chi connectivity index (χ2v) is 6.34. The lowest BCUT2D eigenvalue weighted by molar-refractivity contribution is 0.0549. The molecule has 1 aliphatic heterocycles. The lowest BCUT2D eigenvalue weighted by Crippen LogP contribution is -2.58. The highest BCUT2D eigenvalue weighted by Crippen LogP contribution is 2.26. The molecule has 1 N–H and O–H groups in total. The minimum absolute atomic E-state index is 0.108. The van der Waals surface area contributed by atoms with E-state index in [4.69, 9.17) is 0 Å². The van der Waals surface area contributed by atoms with Crippen LogP contribution < -0.4 is 5.32 Å². The van der Waals surface area contributed by atoms with E-state index in [1.165, 1.54) is 5.56 Å². The van der Waals surface area contributed by atoms with Gasteiger partial charge in [0.15, 0.2) is 0 Å². The summed E-state index contributed by atoms with van der Waals surface area (Å²) >= 11 is 0. The van der Waals surface area contributed by atoms with Gasteiger partial charge in [0.25, 0.3) is 0 Å². The van der Waals surface area contributed by atoms with Crippen LogP contribution in [0.2, 0.25) is 0 Å². The number of nitrogens with zero attached hydrogens (tertiary/aromatic N) is 4. The van der Waals surface area contributed by atoms with E-state index in [1.807, 2.05) is 11.7 Å². The Balaban J connectivity index is 1.78. The molecule has 1 unspecified atom stereocenters. The molecular formula is C16H23N5. The van der Waals surface area contributed by atoms with Gasteiger partial charge in [-0.2, -0.15) is 5.10 Å². The van der Waals surface area contributed by atoms with Crippen LogP contribution >= 0.6 is 0 Å². The van der Waals surface area contributed by atoms with Crippen LogP contribution in [0.4, 0.5) is 0 Å². The molecule has 2 aromatic rings. The molecule has 1 fully saturated rings. The second-order valence-electron chi connectivity index (χ2n) is 6.34. The number of nitrogens with one attached hydrogen (secondary N) is 1. The number of rotatable bonds is 3. The first-order valence-electron chi connectivity index (χ1n) is 7.42. The number of piperazine rings is 1. The van der Waals surface area contributed by atoms with Crippen LogP contribution in [0.3, 0.4) is 0 Å². The lowest BCUT2D eigenvalue weighted by Gasteiger charge is -2.46. The van der Waals surface area contributed by atoms with Crippen LogP contribution in [0.1, 0.15) is 31.3 Å². The van der Waals surface area contributed by atoms with E-state index in [0.29, 0.717) is 6.04 Å². The van der Waals surface area contributed by atoms with Gasteiger partial charge in [-0.3, -0.25) is 9.58 Å². The summed E-state index contributed by atoms with van der Waals surface area (Å²) < 4.78 is 1.86. The molecule has 112 valence electrons. The number of aromatic nitrogens is 3. The quantitative estimate of drug-likeness (QED) is 0.933. The second kappa shape index (κ2) is 5.58. The molecule has 0 radical (unpaired) electrons. The third-order valence-corrected chi connectivity index (χ3v) is 4.38. The normalized spacial score (nSPS) is 22.3. The zero-order chi connectivity index (χ0) is 14.9. The van der Waals surface area contributed by atoms with Crippen molar-refractivity contribution in [3.05, 3.63) is 48.0 Å². The molecule has 3 rings (SSSR count). The predicted molar refractivity (Wildman–Crippen MR) is 82.7 cm³/mol. The molecule has 5 nitrogen and oxygen atoms in total. The molecule has 5 heteroatoms. The van der Waals surface area contributed by atoms with Crippen molar-refractivity contribution < 1.29 is 0 Å². The maximum atomic E-state index is 4.36. The molecule has 1 atom stereocenters. The minimum Gasteiger partial charge on any atom is -0.307 e. The van der Waals surface area contributed by atoms with Crippen LogP contribution in [-0.4, -0.2) is 38.3 Å².